The Kier molecular flexibility index (Phi) is 2.84. The van der Waals surface area contributed by atoms with Crippen LogP contribution in [-0.2, 0) is 6.61 Å². The third-order valence-electron chi connectivity index (χ3n) is 3.37. The van der Waals surface area contributed by atoms with Crippen LogP contribution >= 0.6 is 0 Å². The SMILES string of the molecule is OCc1cccc(-c2cncc(C3CC3)c2)c1F. The van der Waals surface area contributed by atoms with Crippen LogP contribution in [0, 0.1) is 5.82 Å². The molecule has 18 heavy (non-hydrogen) atoms. The summed E-state index contributed by atoms with van der Waals surface area (Å²) in [5, 5.41) is 9.09. The number of aliphatic hydroxyl groups is 1. The average Bonchev–Trinajstić information content (AvgIpc) is 3.23. The molecule has 0 saturated heterocycles. The third-order valence-corrected chi connectivity index (χ3v) is 3.37. The van der Waals surface area contributed by atoms with Gasteiger partial charge in [0.2, 0.25) is 0 Å². The summed E-state index contributed by atoms with van der Waals surface area (Å²) < 4.78 is 14.1. The summed E-state index contributed by atoms with van der Waals surface area (Å²) in [6, 6.07) is 7.08. The van der Waals surface area contributed by atoms with E-state index in [1.54, 1.807) is 24.4 Å². The maximum absolute atomic E-state index is 14.1. The van der Waals surface area contributed by atoms with E-state index in [0.717, 1.165) is 5.56 Å². The molecule has 0 radical (unpaired) electrons. The van der Waals surface area contributed by atoms with Crippen molar-refractivity contribution >= 4 is 0 Å². The predicted molar refractivity (Wildman–Crippen MR) is 67.5 cm³/mol. The van der Waals surface area contributed by atoms with Crippen LogP contribution in [0.25, 0.3) is 11.1 Å². The smallest absolute Gasteiger partial charge is 0.136 e. The van der Waals surface area contributed by atoms with Crippen molar-refractivity contribution in [2.24, 2.45) is 0 Å². The van der Waals surface area contributed by atoms with Gasteiger partial charge in [-0.3, -0.25) is 4.98 Å². The number of halogens is 1. The maximum atomic E-state index is 14.1. The molecular weight excluding hydrogens is 229 g/mol. The molecule has 0 aliphatic heterocycles. The first kappa shape index (κ1) is 11.4. The second-order valence-electron chi connectivity index (χ2n) is 4.72. The lowest BCUT2D eigenvalue weighted by atomic mass is 10.0. The highest BCUT2D eigenvalue weighted by molar-refractivity contribution is 5.65. The van der Waals surface area contributed by atoms with E-state index in [1.807, 2.05) is 12.3 Å². The minimum atomic E-state index is -0.352. The van der Waals surface area contributed by atoms with Crippen LogP contribution in [0.2, 0.25) is 0 Å². The lowest BCUT2D eigenvalue weighted by molar-refractivity contribution is 0.276. The summed E-state index contributed by atoms with van der Waals surface area (Å²) in [5.41, 5.74) is 2.80. The second kappa shape index (κ2) is 4.50. The van der Waals surface area contributed by atoms with Gasteiger partial charge in [0.05, 0.1) is 6.61 Å². The Labute approximate surface area is 105 Å². The normalized spacial score (nSPS) is 14.8. The van der Waals surface area contributed by atoms with Crippen molar-refractivity contribution in [2.45, 2.75) is 25.4 Å². The van der Waals surface area contributed by atoms with E-state index in [9.17, 15) is 4.39 Å². The molecule has 0 bridgehead atoms. The Balaban J connectivity index is 2.06. The van der Waals surface area contributed by atoms with Crippen LogP contribution in [-0.4, -0.2) is 10.1 Å². The molecule has 0 atom stereocenters. The maximum Gasteiger partial charge on any atom is 0.136 e. The standard InChI is InChI=1S/C15H14FNO/c16-15-11(9-18)2-1-3-14(15)13-6-12(7-17-8-13)10-4-5-10/h1-3,6-8,10,18H,4-5,9H2. The lowest BCUT2D eigenvalue weighted by Gasteiger charge is -2.08. The number of benzene rings is 1. The molecule has 1 aromatic carbocycles. The summed E-state index contributed by atoms with van der Waals surface area (Å²) in [6.07, 6.45) is 5.93. The van der Waals surface area contributed by atoms with Crippen molar-refractivity contribution in [1.82, 2.24) is 4.98 Å². The van der Waals surface area contributed by atoms with Crippen LogP contribution in [0.3, 0.4) is 0 Å². The molecule has 3 heteroatoms. The molecular formula is C15H14FNO. The first-order valence-electron chi connectivity index (χ1n) is 6.13. The van der Waals surface area contributed by atoms with Gasteiger partial charge in [-0.2, -0.15) is 0 Å². The molecule has 2 aromatic rings. The Morgan fingerprint density at radius 3 is 2.83 bits per heavy atom. The van der Waals surface area contributed by atoms with E-state index < -0.39 is 0 Å². The summed E-state index contributed by atoms with van der Waals surface area (Å²) in [7, 11) is 0. The summed E-state index contributed by atoms with van der Waals surface area (Å²) >= 11 is 0. The van der Waals surface area contributed by atoms with Crippen molar-refractivity contribution < 1.29 is 9.50 Å². The summed E-state index contributed by atoms with van der Waals surface area (Å²) in [5.74, 6) is 0.247. The minimum Gasteiger partial charge on any atom is -0.392 e. The van der Waals surface area contributed by atoms with Gasteiger partial charge in [-0.25, -0.2) is 4.39 Å². The van der Waals surface area contributed by atoms with E-state index in [0.29, 0.717) is 17.0 Å². The number of rotatable bonds is 3. The number of nitrogens with zero attached hydrogens (tertiary/aromatic N) is 1. The average molecular weight is 243 g/mol. The van der Waals surface area contributed by atoms with Gasteiger partial charge in [-0.15, -0.1) is 0 Å². The number of hydrogen-bond acceptors (Lipinski definition) is 2. The molecule has 1 aliphatic carbocycles. The molecule has 2 nitrogen and oxygen atoms in total. The van der Waals surface area contributed by atoms with Gasteiger partial charge in [0.15, 0.2) is 0 Å². The number of aliphatic hydroxyl groups excluding tert-OH is 1. The largest absolute Gasteiger partial charge is 0.392 e. The molecule has 1 aliphatic rings. The Hall–Kier alpha value is -1.74. The van der Waals surface area contributed by atoms with Crippen LogP contribution in [0.15, 0.2) is 36.7 Å². The van der Waals surface area contributed by atoms with Crippen LogP contribution in [0.1, 0.15) is 29.9 Å². The molecule has 1 heterocycles. The van der Waals surface area contributed by atoms with E-state index >= 15 is 0 Å². The number of aromatic nitrogens is 1. The predicted octanol–water partition coefficient (Wildman–Crippen LogP) is 3.26. The molecule has 3 rings (SSSR count). The Morgan fingerprint density at radius 2 is 2.11 bits per heavy atom. The zero-order valence-corrected chi connectivity index (χ0v) is 9.94. The highest BCUT2D eigenvalue weighted by atomic mass is 19.1. The van der Waals surface area contributed by atoms with E-state index in [-0.39, 0.29) is 12.4 Å². The first-order valence-corrected chi connectivity index (χ1v) is 6.13. The highest BCUT2D eigenvalue weighted by Crippen LogP contribution is 2.40. The van der Waals surface area contributed by atoms with Gasteiger partial charge < -0.3 is 5.11 Å². The number of hydrogen-bond donors (Lipinski definition) is 1. The minimum absolute atomic E-state index is 0.282. The quantitative estimate of drug-likeness (QED) is 0.897. The number of pyridine rings is 1. The Bertz CT molecular complexity index is 578. The molecule has 1 saturated carbocycles. The van der Waals surface area contributed by atoms with E-state index in [4.69, 9.17) is 5.11 Å². The highest BCUT2D eigenvalue weighted by Gasteiger charge is 2.24. The molecule has 0 amide bonds. The summed E-state index contributed by atoms with van der Waals surface area (Å²) in [6.45, 7) is -0.282. The fourth-order valence-corrected chi connectivity index (χ4v) is 2.17. The first-order chi connectivity index (χ1) is 8.79. The van der Waals surface area contributed by atoms with Crippen molar-refractivity contribution in [3.05, 3.63) is 53.6 Å². The fraction of sp³-hybridized carbons (Fsp3) is 0.267. The Morgan fingerprint density at radius 1 is 1.28 bits per heavy atom. The van der Waals surface area contributed by atoms with Crippen LogP contribution in [0.5, 0.6) is 0 Å². The van der Waals surface area contributed by atoms with Gasteiger partial charge in [-0.1, -0.05) is 18.2 Å². The van der Waals surface area contributed by atoms with E-state index in [2.05, 4.69) is 4.98 Å². The van der Waals surface area contributed by atoms with E-state index in [1.165, 1.54) is 18.4 Å². The molecule has 1 fully saturated rings. The third kappa shape index (κ3) is 2.02. The van der Waals surface area contributed by atoms with Gasteiger partial charge in [-0.05, 0) is 30.4 Å². The fourth-order valence-electron chi connectivity index (χ4n) is 2.17. The van der Waals surface area contributed by atoms with Gasteiger partial charge in [0, 0.05) is 29.1 Å². The van der Waals surface area contributed by atoms with Gasteiger partial charge in [0.25, 0.3) is 0 Å². The van der Waals surface area contributed by atoms with Crippen LogP contribution < -0.4 is 0 Å². The molecule has 0 spiro atoms. The molecule has 92 valence electrons. The van der Waals surface area contributed by atoms with Crippen molar-refractivity contribution in [3.8, 4) is 11.1 Å². The zero-order valence-electron chi connectivity index (χ0n) is 9.94. The van der Waals surface area contributed by atoms with Crippen molar-refractivity contribution in [1.29, 1.82) is 0 Å². The topological polar surface area (TPSA) is 33.1 Å². The summed E-state index contributed by atoms with van der Waals surface area (Å²) in [4.78, 5) is 4.19. The zero-order chi connectivity index (χ0) is 12.5. The van der Waals surface area contributed by atoms with Gasteiger partial charge >= 0.3 is 0 Å². The van der Waals surface area contributed by atoms with Crippen LogP contribution in [0.4, 0.5) is 4.39 Å². The molecule has 1 N–H and O–H groups in total. The van der Waals surface area contributed by atoms with Crippen molar-refractivity contribution in [2.75, 3.05) is 0 Å². The molecule has 1 aromatic heterocycles. The second-order valence-corrected chi connectivity index (χ2v) is 4.72. The van der Waals surface area contributed by atoms with Crippen molar-refractivity contribution in [3.63, 3.8) is 0 Å². The monoisotopic (exact) mass is 243 g/mol. The lowest BCUT2D eigenvalue weighted by Crippen LogP contribution is -1.94. The van der Waals surface area contributed by atoms with Gasteiger partial charge in [0.1, 0.15) is 5.82 Å². The molecule has 0 unspecified atom stereocenters.